The van der Waals surface area contributed by atoms with Gasteiger partial charge in [-0.25, -0.2) is 4.39 Å². The second-order valence-corrected chi connectivity index (χ2v) is 7.83. The van der Waals surface area contributed by atoms with Crippen molar-refractivity contribution in [2.75, 3.05) is 19.6 Å². The molecule has 0 spiro atoms. The molecule has 0 atom stereocenters. The van der Waals surface area contributed by atoms with Crippen molar-refractivity contribution in [1.29, 1.82) is 0 Å². The maximum atomic E-state index is 13.0. The van der Waals surface area contributed by atoms with Crippen LogP contribution in [0, 0.1) is 11.7 Å². The van der Waals surface area contributed by atoms with Crippen LogP contribution in [0.4, 0.5) is 4.39 Å². The molecule has 1 aliphatic heterocycles. The summed E-state index contributed by atoms with van der Waals surface area (Å²) in [6, 6.07) is 14.1. The molecule has 0 radical (unpaired) electrons. The zero-order chi connectivity index (χ0) is 19.3. The largest absolute Gasteiger partial charge is 0.488 e. The van der Waals surface area contributed by atoms with Gasteiger partial charge in [0.15, 0.2) is 0 Å². The van der Waals surface area contributed by atoms with E-state index in [1.165, 1.54) is 25.0 Å². The van der Waals surface area contributed by atoms with Crippen molar-refractivity contribution in [2.24, 2.45) is 5.92 Å². The molecule has 1 N–H and O–H groups in total. The summed E-state index contributed by atoms with van der Waals surface area (Å²) in [7, 11) is 0. The molecule has 2 aliphatic rings. The highest BCUT2D eigenvalue weighted by Gasteiger charge is 2.27. The van der Waals surface area contributed by atoms with Crippen molar-refractivity contribution >= 4 is 5.91 Å². The first-order valence-electron chi connectivity index (χ1n) is 10.2. The van der Waals surface area contributed by atoms with Gasteiger partial charge < -0.3 is 15.0 Å². The van der Waals surface area contributed by atoms with Crippen LogP contribution in [0.15, 0.2) is 48.5 Å². The van der Waals surface area contributed by atoms with Crippen molar-refractivity contribution in [3.05, 3.63) is 65.5 Å². The van der Waals surface area contributed by atoms with E-state index in [2.05, 4.69) is 5.32 Å². The Morgan fingerprint density at radius 3 is 2.46 bits per heavy atom. The first kappa shape index (κ1) is 18.9. The van der Waals surface area contributed by atoms with Crippen molar-refractivity contribution in [3.8, 4) is 5.75 Å². The van der Waals surface area contributed by atoms with Gasteiger partial charge in [-0.15, -0.1) is 0 Å². The molecular weight excluding hydrogens is 355 g/mol. The molecule has 2 fully saturated rings. The van der Waals surface area contributed by atoms with Crippen molar-refractivity contribution in [3.63, 3.8) is 0 Å². The summed E-state index contributed by atoms with van der Waals surface area (Å²) in [5.41, 5.74) is 1.46. The van der Waals surface area contributed by atoms with Crippen LogP contribution < -0.4 is 10.1 Å². The normalized spacial score (nSPS) is 17.5. The summed E-state index contributed by atoms with van der Waals surface area (Å²) in [6.45, 7) is 2.97. The van der Waals surface area contributed by atoms with E-state index in [0.29, 0.717) is 24.0 Å². The van der Waals surface area contributed by atoms with Gasteiger partial charge in [-0.05, 0) is 68.0 Å². The SMILES string of the molecule is O=C(c1ccccc1OCc1ccc(F)cc1)N1CCC(NCC2CC2)CC1. The van der Waals surface area contributed by atoms with Crippen molar-refractivity contribution in [2.45, 2.75) is 38.3 Å². The Balaban J connectivity index is 1.34. The van der Waals surface area contributed by atoms with E-state index in [4.69, 9.17) is 4.74 Å². The predicted molar refractivity (Wildman–Crippen MR) is 107 cm³/mol. The first-order chi connectivity index (χ1) is 13.7. The Kier molecular flexibility index (Phi) is 5.91. The van der Waals surface area contributed by atoms with Gasteiger partial charge in [-0.1, -0.05) is 24.3 Å². The maximum absolute atomic E-state index is 13.0. The summed E-state index contributed by atoms with van der Waals surface area (Å²) in [6.07, 6.45) is 4.71. The second kappa shape index (κ2) is 8.74. The van der Waals surface area contributed by atoms with Gasteiger partial charge in [0.25, 0.3) is 5.91 Å². The molecule has 4 nitrogen and oxygen atoms in total. The van der Waals surface area contributed by atoms with Crippen LogP contribution in [0.5, 0.6) is 5.75 Å². The Morgan fingerprint density at radius 2 is 1.75 bits per heavy atom. The molecule has 5 heteroatoms. The first-order valence-corrected chi connectivity index (χ1v) is 10.2. The van der Waals surface area contributed by atoms with E-state index in [-0.39, 0.29) is 11.7 Å². The summed E-state index contributed by atoms with van der Waals surface area (Å²) < 4.78 is 18.9. The van der Waals surface area contributed by atoms with Gasteiger partial charge in [-0.3, -0.25) is 4.79 Å². The lowest BCUT2D eigenvalue weighted by Crippen LogP contribution is -2.45. The number of nitrogens with zero attached hydrogens (tertiary/aromatic N) is 1. The zero-order valence-corrected chi connectivity index (χ0v) is 16.1. The minimum atomic E-state index is -0.269. The molecule has 0 aromatic heterocycles. The van der Waals surface area contributed by atoms with E-state index in [9.17, 15) is 9.18 Å². The number of rotatable bonds is 7. The van der Waals surface area contributed by atoms with Gasteiger partial charge in [-0.2, -0.15) is 0 Å². The second-order valence-electron chi connectivity index (χ2n) is 7.83. The number of halogens is 1. The minimum absolute atomic E-state index is 0.0235. The van der Waals surface area contributed by atoms with Crippen molar-refractivity contribution in [1.82, 2.24) is 10.2 Å². The highest BCUT2D eigenvalue weighted by molar-refractivity contribution is 5.97. The number of ether oxygens (including phenoxy) is 1. The van der Waals surface area contributed by atoms with E-state index in [1.54, 1.807) is 12.1 Å². The maximum Gasteiger partial charge on any atom is 0.257 e. The lowest BCUT2D eigenvalue weighted by Gasteiger charge is -2.33. The molecule has 1 saturated heterocycles. The molecular formula is C23H27FN2O2. The van der Waals surface area contributed by atoms with Gasteiger partial charge in [0.05, 0.1) is 5.56 Å². The van der Waals surface area contributed by atoms with E-state index in [1.807, 2.05) is 29.2 Å². The molecule has 4 rings (SSSR count). The lowest BCUT2D eigenvalue weighted by atomic mass is 10.0. The summed E-state index contributed by atoms with van der Waals surface area (Å²) >= 11 is 0. The Morgan fingerprint density at radius 1 is 1.04 bits per heavy atom. The van der Waals surface area contributed by atoms with E-state index >= 15 is 0 Å². The van der Waals surface area contributed by atoms with Crippen LogP contribution in [-0.2, 0) is 6.61 Å². The number of para-hydroxylation sites is 1. The summed E-state index contributed by atoms with van der Waals surface area (Å²) in [4.78, 5) is 15.0. The summed E-state index contributed by atoms with van der Waals surface area (Å²) in [5, 5.41) is 3.65. The average Bonchev–Trinajstić information content (AvgIpc) is 3.56. The number of carbonyl (C=O) groups is 1. The molecule has 28 heavy (non-hydrogen) atoms. The molecule has 1 aliphatic carbocycles. The number of piperidine rings is 1. The number of amides is 1. The number of hydrogen-bond donors (Lipinski definition) is 1. The lowest BCUT2D eigenvalue weighted by molar-refractivity contribution is 0.0700. The van der Waals surface area contributed by atoms with Crippen LogP contribution >= 0.6 is 0 Å². The number of hydrogen-bond acceptors (Lipinski definition) is 3. The van der Waals surface area contributed by atoms with Crippen LogP contribution in [0.2, 0.25) is 0 Å². The fourth-order valence-electron chi connectivity index (χ4n) is 3.62. The zero-order valence-electron chi connectivity index (χ0n) is 16.1. The fourth-order valence-corrected chi connectivity index (χ4v) is 3.62. The standard InChI is InChI=1S/C23H27FN2O2/c24-19-9-7-18(8-10-19)16-28-22-4-2-1-3-21(22)23(27)26-13-11-20(12-14-26)25-15-17-5-6-17/h1-4,7-10,17,20,25H,5-6,11-16H2. The number of benzene rings is 2. The van der Waals surface area contributed by atoms with Gasteiger partial charge in [0.2, 0.25) is 0 Å². The third-order valence-electron chi connectivity index (χ3n) is 5.60. The molecule has 2 aromatic rings. The fraction of sp³-hybridized carbons (Fsp3) is 0.435. The monoisotopic (exact) mass is 382 g/mol. The number of carbonyl (C=O) groups excluding carboxylic acids is 1. The number of likely N-dealkylation sites (tertiary alicyclic amines) is 1. The van der Waals surface area contributed by atoms with Crippen LogP contribution in [0.25, 0.3) is 0 Å². The molecule has 1 saturated carbocycles. The molecule has 2 aromatic carbocycles. The van der Waals surface area contributed by atoms with Crippen LogP contribution in [-0.4, -0.2) is 36.5 Å². The minimum Gasteiger partial charge on any atom is -0.488 e. The number of nitrogens with one attached hydrogen (secondary N) is 1. The quantitative estimate of drug-likeness (QED) is 0.787. The Bertz CT molecular complexity index is 797. The van der Waals surface area contributed by atoms with Crippen molar-refractivity contribution < 1.29 is 13.9 Å². The average molecular weight is 382 g/mol. The van der Waals surface area contributed by atoms with Gasteiger partial charge in [0, 0.05) is 19.1 Å². The molecule has 1 heterocycles. The molecule has 148 valence electrons. The highest BCUT2D eigenvalue weighted by atomic mass is 19.1. The Hall–Kier alpha value is -2.40. The molecule has 0 bridgehead atoms. The summed E-state index contributed by atoms with van der Waals surface area (Å²) in [5.74, 6) is 1.21. The third-order valence-corrected chi connectivity index (χ3v) is 5.60. The van der Waals surface area contributed by atoms with Gasteiger partial charge >= 0.3 is 0 Å². The third kappa shape index (κ3) is 4.90. The highest BCUT2D eigenvalue weighted by Crippen LogP contribution is 2.28. The van der Waals surface area contributed by atoms with Crippen LogP contribution in [0.3, 0.4) is 0 Å². The van der Waals surface area contributed by atoms with E-state index < -0.39 is 0 Å². The van der Waals surface area contributed by atoms with E-state index in [0.717, 1.165) is 44.0 Å². The topological polar surface area (TPSA) is 41.6 Å². The predicted octanol–water partition coefficient (Wildman–Crippen LogP) is 4.01. The molecule has 0 unspecified atom stereocenters. The molecule has 1 amide bonds. The van der Waals surface area contributed by atoms with Gasteiger partial charge in [0.1, 0.15) is 18.2 Å². The smallest absolute Gasteiger partial charge is 0.257 e. The Labute approximate surface area is 165 Å². The van der Waals surface area contributed by atoms with Crippen LogP contribution in [0.1, 0.15) is 41.6 Å².